The molecular weight excluding hydrogens is 202 g/mol. The van der Waals surface area contributed by atoms with E-state index in [9.17, 15) is 4.79 Å². The lowest BCUT2D eigenvalue weighted by molar-refractivity contribution is -0.142. The summed E-state index contributed by atoms with van der Waals surface area (Å²) in [5.74, 6) is 1.50. The van der Waals surface area contributed by atoms with Gasteiger partial charge in [-0.2, -0.15) is 0 Å². The minimum Gasteiger partial charge on any atom is -0.468 e. The smallest absolute Gasteiger partial charge is 0.322 e. The van der Waals surface area contributed by atoms with Crippen molar-refractivity contribution >= 4 is 5.97 Å². The average Bonchev–Trinajstić information content (AvgIpc) is 2.28. The van der Waals surface area contributed by atoms with Gasteiger partial charge >= 0.3 is 5.97 Å². The van der Waals surface area contributed by atoms with E-state index in [1.807, 2.05) is 6.92 Å². The predicted molar refractivity (Wildman–Crippen MR) is 65.2 cm³/mol. The van der Waals surface area contributed by atoms with Crippen molar-refractivity contribution in [2.75, 3.05) is 7.11 Å². The van der Waals surface area contributed by atoms with Gasteiger partial charge < -0.3 is 10.1 Å². The van der Waals surface area contributed by atoms with Gasteiger partial charge in [0.15, 0.2) is 0 Å². The Morgan fingerprint density at radius 1 is 1.19 bits per heavy atom. The molecule has 1 aliphatic rings. The fraction of sp³-hybridized carbons (Fsp3) is 0.923. The predicted octanol–water partition coefficient (Wildman–Crippen LogP) is 2.35. The molecule has 0 aromatic heterocycles. The first-order valence-electron chi connectivity index (χ1n) is 6.38. The third-order valence-electron chi connectivity index (χ3n) is 3.76. The van der Waals surface area contributed by atoms with Crippen LogP contribution in [-0.4, -0.2) is 25.2 Å². The van der Waals surface area contributed by atoms with E-state index in [0.29, 0.717) is 6.04 Å². The number of methoxy groups -OCH3 is 1. The van der Waals surface area contributed by atoms with Gasteiger partial charge in [-0.3, -0.25) is 4.79 Å². The number of nitrogens with one attached hydrogen (secondary N) is 1. The lowest BCUT2D eigenvalue weighted by atomic mass is 9.79. The summed E-state index contributed by atoms with van der Waals surface area (Å²) in [5, 5.41) is 3.35. The number of rotatable bonds is 4. The fourth-order valence-electron chi connectivity index (χ4n) is 2.55. The molecule has 0 unspecified atom stereocenters. The lowest BCUT2D eigenvalue weighted by Gasteiger charge is -2.32. The third-order valence-corrected chi connectivity index (χ3v) is 3.76. The molecule has 3 heteroatoms. The summed E-state index contributed by atoms with van der Waals surface area (Å²) in [6.07, 6.45) is 4.93. The Labute approximate surface area is 98.9 Å². The molecule has 1 N–H and O–H groups in total. The zero-order valence-corrected chi connectivity index (χ0v) is 11.0. The molecule has 0 amide bonds. The number of hydrogen-bond donors (Lipinski definition) is 1. The molecule has 0 bridgehead atoms. The maximum Gasteiger partial charge on any atom is 0.322 e. The molecule has 0 heterocycles. The summed E-state index contributed by atoms with van der Waals surface area (Å²) >= 11 is 0. The molecule has 1 fully saturated rings. The van der Waals surface area contributed by atoms with Gasteiger partial charge in [-0.1, -0.05) is 13.8 Å². The van der Waals surface area contributed by atoms with E-state index in [2.05, 4.69) is 19.2 Å². The van der Waals surface area contributed by atoms with Gasteiger partial charge in [-0.15, -0.1) is 0 Å². The molecule has 3 nitrogen and oxygen atoms in total. The highest BCUT2D eigenvalue weighted by atomic mass is 16.5. The zero-order chi connectivity index (χ0) is 12.1. The Bertz CT molecular complexity index is 220. The van der Waals surface area contributed by atoms with Crippen LogP contribution in [0.4, 0.5) is 0 Å². The molecule has 0 saturated heterocycles. The van der Waals surface area contributed by atoms with Crippen LogP contribution in [-0.2, 0) is 9.53 Å². The van der Waals surface area contributed by atoms with Crippen LogP contribution in [0.2, 0.25) is 0 Å². The van der Waals surface area contributed by atoms with Crippen LogP contribution >= 0.6 is 0 Å². The van der Waals surface area contributed by atoms with Crippen molar-refractivity contribution in [2.45, 2.75) is 58.5 Å². The van der Waals surface area contributed by atoms with E-state index in [4.69, 9.17) is 4.74 Å². The summed E-state index contributed by atoms with van der Waals surface area (Å²) in [5.41, 5.74) is 0. The molecule has 0 radical (unpaired) electrons. The van der Waals surface area contributed by atoms with E-state index < -0.39 is 0 Å². The van der Waals surface area contributed by atoms with Crippen molar-refractivity contribution in [3.05, 3.63) is 0 Å². The van der Waals surface area contributed by atoms with Crippen LogP contribution in [0.3, 0.4) is 0 Å². The Balaban J connectivity index is 2.29. The van der Waals surface area contributed by atoms with E-state index in [1.165, 1.54) is 32.8 Å². The number of esters is 1. The standard InChI is InChI=1S/C13H25NO2/c1-9(2)11-5-7-12(8-6-11)14-10(3)13(15)16-4/h9-12,14H,5-8H2,1-4H3/t10-,11?,12?/m0/s1. The highest BCUT2D eigenvalue weighted by molar-refractivity contribution is 5.75. The fourth-order valence-corrected chi connectivity index (χ4v) is 2.55. The van der Waals surface area contributed by atoms with Crippen molar-refractivity contribution in [3.8, 4) is 0 Å². The van der Waals surface area contributed by atoms with Crippen LogP contribution < -0.4 is 5.32 Å². The second kappa shape index (κ2) is 6.24. The van der Waals surface area contributed by atoms with Crippen LogP contribution in [0, 0.1) is 11.8 Å². The number of carbonyl (C=O) groups is 1. The van der Waals surface area contributed by atoms with Crippen molar-refractivity contribution in [1.29, 1.82) is 0 Å². The molecular formula is C13H25NO2. The first kappa shape index (κ1) is 13.5. The van der Waals surface area contributed by atoms with Crippen LogP contribution in [0.15, 0.2) is 0 Å². The maximum atomic E-state index is 11.3. The maximum absolute atomic E-state index is 11.3. The quantitative estimate of drug-likeness (QED) is 0.749. The molecule has 0 spiro atoms. The van der Waals surface area contributed by atoms with Gasteiger partial charge in [0, 0.05) is 6.04 Å². The van der Waals surface area contributed by atoms with Crippen molar-refractivity contribution in [2.24, 2.45) is 11.8 Å². The SMILES string of the molecule is COC(=O)[C@H](C)NC1CCC(C(C)C)CC1. The molecule has 0 aromatic rings. The Morgan fingerprint density at radius 2 is 1.75 bits per heavy atom. The van der Waals surface area contributed by atoms with Gasteiger partial charge in [-0.25, -0.2) is 0 Å². The van der Waals surface area contributed by atoms with Crippen LogP contribution in [0.1, 0.15) is 46.5 Å². The minimum absolute atomic E-state index is 0.161. The topological polar surface area (TPSA) is 38.3 Å². The monoisotopic (exact) mass is 227 g/mol. The van der Waals surface area contributed by atoms with Crippen molar-refractivity contribution in [3.63, 3.8) is 0 Å². The van der Waals surface area contributed by atoms with Crippen LogP contribution in [0.25, 0.3) is 0 Å². The van der Waals surface area contributed by atoms with E-state index in [-0.39, 0.29) is 12.0 Å². The lowest BCUT2D eigenvalue weighted by Crippen LogP contribution is -2.43. The van der Waals surface area contributed by atoms with E-state index in [0.717, 1.165) is 11.8 Å². The Kier molecular flexibility index (Phi) is 5.26. The van der Waals surface area contributed by atoms with Crippen molar-refractivity contribution in [1.82, 2.24) is 5.32 Å². The molecule has 94 valence electrons. The summed E-state index contributed by atoms with van der Waals surface area (Å²) < 4.78 is 4.71. The van der Waals surface area contributed by atoms with Gasteiger partial charge in [0.2, 0.25) is 0 Å². The molecule has 1 atom stereocenters. The first-order valence-corrected chi connectivity index (χ1v) is 6.38. The summed E-state index contributed by atoms with van der Waals surface area (Å²) in [6.45, 7) is 6.48. The molecule has 1 rings (SSSR count). The van der Waals surface area contributed by atoms with E-state index >= 15 is 0 Å². The third kappa shape index (κ3) is 3.78. The van der Waals surface area contributed by atoms with E-state index in [1.54, 1.807) is 0 Å². The van der Waals surface area contributed by atoms with Gasteiger partial charge in [0.1, 0.15) is 6.04 Å². The second-order valence-electron chi connectivity index (χ2n) is 5.27. The van der Waals surface area contributed by atoms with Crippen molar-refractivity contribution < 1.29 is 9.53 Å². The van der Waals surface area contributed by atoms with Gasteiger partial charge in [-0.05, 0) is 44.4 Å². The highest BCUT2D eigenvalue weighted by Gasteiger charge is 2.25. The largest absolute Gasteiger partial charge is 0.468 e. The first-order chi connectivity index (χ1) is 7.54. The molecule has 0 aliphatic heterocycles. The minimum atomic E-state index is -0.175. The molecule has 1 aliphatic carbocycles. The second-order valence-corrected chi connectivity index (χ2v) is 5.27. The zero-order valence-electron chi connectivity index (χ0n) is 11.0. The van der Waals surface area contributed by atoms with Crippen LogP contribution in [0.5, 0.6) is 0 Å². The summed E-state index contributed by atoms with van der Waals surface area (Å²) in [6, 6.07) is 0.315. The number of ether oxygens (including phenoxy) is 1. The summed E-state index contributed by atoms with van der Waals surface area (Å²) in [4.78, 5) is 11.3. The normalized spacial score (nSPS) is 27.8. The Hall–Kier alpha value is -0.570. The van der Waals surface area contributed by atoms with Gasteiger partial charge in [0.05, 0.1) is 7.11 Å². The average molecular weight is 227 g/mol. The Morgan fingerprint density at radius 3 is 2.19 bits per heavy atom. The van der Waals surface area contributed by atoms with Gasteiger partial charge in [0.25, 0.3) is 0 Å². The molecule has 16 heavy (non-hydrogen) atoms. The molecule has 1 saturated carbocycles. The number of carbonyl (C=O) groups excluding carboxylic acids is 1. The summed E-state index contributed by atoms with van der Waals surface area (Å²) in [7, 11) is 1.44. The molecule has 0 aromatic carbocycles. The highest BCUT2D eigenvalue weighted by Crippen LogP contribution is 2.29. The number of hydrogen-bond acceptors (Lipinski definition) is 3.